The van der Waals surface area contributed by atoms with E-state index in [4.69, 9.17) is 4.52 Å². The van der Waals surface area contributed by atoms with Crippen molar-refractivity contribution in [3.63, 3.8) is 0 Å². The summed E-state index contributed by atoms with van der Waals surface area (Å²) in [5, 5.41) is 7.24. The molecule has 1 N–H and O–H groups in total. The van der Waals surface area contributed by atoms with Gasteiger partial charge in [-0.25, -0.2) is 4.98 Å². The predicted molar refractivity (Wildman–Crippen MR) is 134 cm³/mol. The van der Waals surface area contributed by atoms with E-state index in [9.17, 15) is 4.79 Å². The van der Waals surface area contributed by atoms with Gasteiger partial charge in [0.25, 0.3) is 5.89 Å². The summed E-state index contributed by atoms with van der Waals surface area (Å²) in [7, 11) is 0. The Hall–Kier alpha value is -4.07. The fourth-order valence-corrected chi connectivity index (χ4v) is 4.33. The van der Waals surface area contributed by atoms with E-state index in [0.717, 1.165) is 55.0 Å². The number of carbonyl (C=O) groups is 1. The van der Waals surface area contributed by atoms with E-state index in [2.05, 4.69) is 30.3 Å². The zero-order valence-corrected chi connectivity index (χ0v) is 19.7. The van der Waals surface area contributed by atoms with Crippen LogP contribution in [0.5, 0.6) is 0 Å². The molecule has 8 nitrogen and oxygen atoms in total. The standard InChI is InChI=1S/C27H28N6O2/c1-19-7-9-20(10-8-19)24-31-27(35-32-24)23-6-4-15-29-25(23)33-17-12-21(13-18-33)26(34)30-16-11-22-5-2-3-14-28-22/h2-10,14-15,21H,11-13,16-18H2,1H3,(H,30,34). The zero-order valence-electron chi connectivity index (χ0n) is 19.7. The van der Waals surface area contributed by atoms with Crippen molar-refractivity contribution in [3.05, 3.63) is 78.2 Å². The molecule has 1 amide bonds. The van der Waals surface area contributed by atoms with Gasteiger partial charge in [0.15, 0.2) is 0 Å². The maximum atomic E-state index is 12.7. The lowest BCUT2D eigenvalue weighted by Crippen LogP contribution is -2.41. The molecule has 1 aliphatic heterocycles. The number of aromatic nitrogens is 4. The third kappa shape index (κ3) is 5.37. The van der Waals surface area contributed by atoms with Crippen molar-refractivity contribution in [2.45, 2.75) is 26.2 Å². The highest BCUT2D eigenvalue weighted by Gasteiger charge is 2.27. The van der Waals surface area contributed by atoms with Crippen LogP contribution in [0.3, 0.4) is 0 Å². The number of rotatable bonds is 7. The van der Waals surface area contributed by atoms with E-state index < -0.39 is 0 Å². The summed E-state index contributed by atoms with van der Waals surface area (Å²) in [6.07, 6.45) is 5.81. The van der Waals surface area contributed by atoms with E-state index in [1.165, 1.54) is 5.56 Å². The van der Waals surface area contributed by atoms with Crippen molar-refractivity contribution in [2.24, 2.45) is 5.92 Å². The van der Waals surface area contributed by atoms with E-state index in [0.29, 0.717) is 18.3 Å². The number of anilines is 1. The van der Waals surface area contributed by atoms with E-state index in [1.807, 2.05) is 61.5 Å². The van der Waals surface area contributed by atoms with Gasteiger partial charge in [-0.05, 0) is 44.0 Å². The molecular weight excluding hydrogens is 440 g/mol. The number of nitrogens with one attached hydrogen (secondary N) is 1. The van der Waals surface area contributed by atoms with Crippen LogP contribution >= 0.6 is 0 Å². The number of pyridine rings is 2. The van der Waals surface area contributed by atoms with E-state index in [1.54, 1.807) is 12.4 Å². The molecule has 0 aliphatic carbocycles. The van der Waals surface area contributed by atoms with E-state index >= 15 is 0 Å². The normalized spacial score (nSPS) is 14.1. The van der Waals surface area contributed by atoms with Crippen molar-refractivity contribution in [3.8, 4) is 22.8 Å². The summed E-state index contributed by atoms with van der Waals surface area (Å²) in [6, 6.07) is 17.7. The largest absolute Gasteiger partial charge is 0.356 e. The van der Waals surface area contributed by atoms with Crippen LogP contribution in [0.1, 0.15) is 24.1 Å². The lowest BCUT2D eigenvalue weighted by molar-refractivity contribution is -0.125. The molecule has 178 valence electrons. The maximum Gasteiger partial charge on any atom is 0.261 e. The van der Waals surface area contributed by atoms with Gasteiger partial charge in [0, 0.05) is 55.6 Å². The summed E-state index contributed by atoms with van der Waals surface area (Å²) < 4.78 is 5.61. The second-order valence-electron chi connectivity index (χ2n) is 8.79. The fraction of sp³-hybridized carbons (Fsp3) is 0.296. The minimum Gasteiger partial charge on any atom is -0.356 e. The Balaban J connectivity index is 1.21. The molecule has 8 heteroatoms. The number of hydrogen-bond acceptors (Lipinski definition) is 7. The smallest absolute Gasteiger partial charge is 0.261 e. The van der Waals surface area contributed by atoms with Gasteiger partial charge < -0.3 is 14.7 Å². The van der Waals surface area contributed by atoms with Crippen LogP contribution in [0.4, 0.5) is 5.82 Å². The molecule has 5 rings (SSSR count). The number of benzene rings is 1. The Morgan fingerprint density at radius 2 is 1.83 bits per heavy atom. The van der Waals surface area contributed by atoms with Crippen molar-refractivity contribution in [1.82, 2.24) is 25.4 Å². The first kappa shape index (κ1) is 22.7. The Labute approximate surface area is 204 Å². The van der Waals surface area contributed by atoms with Crippen molar-refractivity contribution >= 4 is 11.7 Å². The minimum absolute atomic E-state index is 0.00121. The Bertz CT molecular complexity index is 1260. The highest BCUT2D eigenvalue weighted by molar-refractivity contribution is 5.79. The second kappa shape index (κ2) is 10.5. The van der Waals surface area contributed by atoms with Gasteiger partial charge in [0.05, 0.1) is 5.56 Å². The summed E-state index contributed by atoms with van der Waals surface area (Å²) in [5.41, 5.74) is 3.87. The molecule has 1 aromatic carbocycles. The molecule has 0 atom stereocenters. The Morgan fingerprint density at radius 1 is 1.03 bits per heavy atom. The summed E-state index contributed by atoms with van der Waals surface area (Å²) in [5.74, 6) is 1.91. The monoisotopic (exact) mass is 468 g/mol. The van der Waals surface area contributed by atoms with E-state index in [-0.39, 0.29) is 11.8 Å². The SMILES string of the molecule is Cc1ccc(-c2noc(-c3cccnc3N3CCC(C(=O)NCCc4ccccn4)CC3)n2)cc1. The molecule has 0 unspecified atom stereocenters. The molecule has 0 spiro atoms. The molecule has 4 aromatic rings. The lowest BCUT2D eigenvalue weighted by atomic mass is 9.95. The fourth-order valence-electron chi connectivity index (χ4n) is 4.33. The van der Waals surface area contributed by atoms with Crippen LogP contribution in [-0.2, 0) is 11.2 Å². The predicted octanol–water partition coefficient (Wildman–Crippen LogP) is 4.08. The first-order chi connectivity index (χ1) is 17.2. The third-order valence-electron chi connectivity index (χ3n) is 6.32. The number of aryl methyl sites for hydroxylation is 1. The first-order valence-corrected chi connectivity index (χ1v) is 12.0. The third-order valence-corrected chi connectivity index (χ3v) is 6.32. The van der Waals surface area contributed by atoms with Gasteiger partial charge in [0.2, 0.25) is 11.7 Å². The summed E-state index contributed by atoms with van der Waals surface area (Å²) in [4.78, 5) is 28.4. The quantitative estimate of drug-likeness (QED) is 0.436. The van der Waals surface area contributed by atoms with Crippen LogP contribution in [0.15, 0.2) is 71.5 Å². The summed E-state index contributed by atoms with van der Waals surface area (Å²) >= 11 is 0. The number of piperidine rings is 1. The molecule has 3 aromatic heterocycles. The highest BCUT2D eigenvalue weighted by atomic mass is 16.5. The van der Waals surface area contributed by atoms with Crippen molar-refractivity contribution < 1.29 is 9.32 Å². The van der Waals surface area contributed by atoms with Gasteiger partial charge >= 0.3 is 0 Å². The molecular formula is C27H28N6O2. The van der Waals surface area contributed by atoms with Crippen LogP contribution < -0.4 is 10.2 Å². The van der Waals surface area contributed by atoms with Gasteiger partial charge in [-0.3, -0.25) is 9.78 Å². The van der Waals surface area contributed by atoms with Crippen molar-refractivity contribution in [1.29, 1.82) is 0 Å². The topological polar surface area (TPSA) is 97.0 Å². The van der Waals surface area contributed by atoms with Gasteiger partial charge in [0.1, 0.15) is 5.82 Å². The van der Waals surface area contributed by atoms with Crippen LogP contribution in [0.2, 0.25) is 0 Å². The average Bonchev–Trinajstić information content (AvgIpc) is 3.40. The number of carbonyl (C=O) groups excluding carboxylic acids is 1. The zero-order chi connectivity index (χ0) is 24.0. The molecule has 35 heavy (non-hydrogen) atoms. The minimum atomic E-state index is -0.00121. The average molecular weight is 469 g/mol. The molecule has 1 fully saturated rings. The van der Waals surface area contributed by atoms with Gasteiger partial charge in [-0.15, -0.1) is 0 Å². The summed E-state index contributed by atoms with van der Waals surface area (Å²) in [6.45, 7) is 4.12. The Morgan fingerprint density at radius 3 is 2.60 bits per heavy atom. The first-order valence-electron chi connectivity index (χ1n) is 12.0. The molecule has 0 saturated carbocycles. The highest BCUT2D eigenvalue weighted by Crippen LogP contribution is 2.32. The molecule has 0 bridgehead atoms. The van der Waals surface area contributed by atoms with Crippen LogP contribution in [0.25, 0.3) is 22.8 Å². The lowest BCUT2D eigenvalue weighted by Gasteiger charge is -2.32. The van der Waals surface area contributed by atoms with Gasteiger partial charge in [-0.2, -0.15) is 4.98 Å². The van der Waals surface area contributed by atoms with Crippen molar-refractivity contribution in [2.75, 3.05) is 24.5 Å². The van der Waals surface area contributed by atoms with Crippen LogP contribution in [0, 0.1) is 12.8 Å². The molecule has 0 radical (unpaired) electrons. The number of nitrogens with zero attached hydrogens (tertiary/aromatic N) is 5. The van der Waals surface area contributed by atoms with Gasteiger partial charge in [-0.1, -0.05) is 41.1 Å². The number of amides is 1. The maximum absolute atomic E-state index is 12.7. The second-order valence-corrected chi connectivity index (χ2v) is 8.79. The molecule has 1 saturated heterocycles. The Kier molecular flexibility index (Phi) is 6.79. The number of hydrogen-bond donors (Lipinski definition) is 1. The molecule has 1 aliphatic rings. The van der Waals surface area contributed by atoms with Crippen LogP contribution in [-0.4, -0.2) is 45.7 Å². The molecule has 4 heterocycles.